The Morgan fingerprint density at radius 1 is 0.493 bits per heavy atom. The first kappa shape index (κ1) is 97.4. The molecule has 0 bridgehead atoms. The number of Topliss-reactive ketones (excluding diaryl/α,β-unsaturated/α-hetero) is 4. The minimum absolute atomic E-state index is 0.00516. The number of fused-ring (bicyclic) bond motifs is 18. The molecule has 0 unspecified atom stereocenters. The Morgan fingerprint density at radius 3 is 1.41 bits per heavy atom. The number of aliphatic hydroxyl groups excluding tert-OH is 3. The van der Waals surface area contributed by atoms with E-state index < -0.39 is 161 Å². The third-order valence-corrected chi connectivity index (χ3v) is 34.3. The molecule has 4 aromatic carbocycles. The predicted octanol–water partition coefficient (Wildman–Crippen LogP) is 9.07. The van der Waals surface area contributed by atoms with Gasteiger partial charge in [-0.1, -0.05) is 63.1 Å². The van der Waals surface area contributed by atoms with Crippen LogP contribution in [0.1, 0.15) is 174 Å². The van der Waals surface area contributed by atoms with Gasteiger partial charge in [0.05, 0.1) is 71.8 Å². The maximum absolute atomic E-state index is 13.6. The molecule has 12 fully saturated rings. The number of aliphatic hydroxyl groups is 5. The van der Waals surface area contributed by atoms with Gasteiger partial charge in [0.25, 0.3) is 0 Å². The molecular weight excluding hydrogens is 1790 g/mol. The fraction of sp³-hybridized carbons (Fsp3) is 0.615. The van der Waals surface area contributed by atoms with E-state index in [0.29, 0.717) is 71.5 Å². The van der Waals surface area contributed by atoms with Crippen molar-refractivity contribution in [2.45, 2.75) is 229 Å². The zero-order valence-electron chi connectivity index (χ0n) is 79.9. The highest BCUT2D eigenvalue weighted by molar-refractivity contribution is 6.03. The normalized spacial score (nSPS) is 40.1. The molecule has 6 saturated heterocycles. The number of methoxy groups -OCH3 is 6. The highest BCUT2D eigenvalue weighted by Gasteiger charge is 2.71. The van der Waals surface area contributed by atoms with Gasteiger partial charge in [-0.2, -0.15) is 0 Å². The molecule has 0 spiro atoms. The lowest BCUT2D eigenvalue weighted by Crippen LogP contribution is -2.64. The molecule has 6 saturated carbocycles. The Morgan fingerprint density at radius 2 is 0.942 bits per heavy atom. The van der Waals surface area contributed by atoms with Gasteiger partial charge >= 0.3 is 11.9 Å². The number of phenolic OH excluding ortho intramolecular Hbond substituents is 1. The molecular formula is C104H124O34. The number of hydrogen-bond donors (Lipinski definition) is 6. The summed E-state index contributed by atoms with van der Waals surface area (Å²) >= 11 is 0. The van der Waals surface area contributed by atoms with Gasteiger partial charge in [0.1, 0.15) is 84.8 Å². The average molecular weight is 1920 g/mol. The average Bonchev–Trinajstić information content (AvgIpc) is 1.45. The van der Waals surface area contributed by atoms with Crippen LogP contribution in [-0.4, -0.2) is 258 Å². The SMILES string of the molecule is COCC(=O)[C@@]1(O)CC[C@H]2[C@@H]3CCC4=CC(=O)C=C[C@]4(C)[C@H]3C(=O)C[C@@]21C.COc1cc([C@@H]2c3cc4c(cc3[C@@H](O[C@@H]3O[C@@H]5CO[C@@H](C)O[C@H]5[C@H](O)[C@H]3O)[C@H]3COC(=O)[C@H]23)OCO4)cc(C)c1O.COc1cc([C@@H]2c3cc4c(cc3[C@@H](O[C@@H]3O[C@@H]5CO[C@@H](C)O[C@H]5[C@H](OC)[C@H]3OC)[C@H]3COC(=O)[C@H]23)OCO4)cc(C)c1OC.C[C@]12C=CC(=O)C=C1CC[C@@H]1[C@@H]2C(=O)C[C@@]2(C)[C@H]1CC[C@]2(O)C(=O)CO. The van der Waals surface area contributed by atoms with Gasteiger partial charge in [0, 0.05) is 91.3 Å². The van der Waals surface area contributed by atoms with Crippen molar-refractivity contribution in [3.8, 4) is 46.0 Å². The van der Waals surface area contributed by atoms with E-state index in [1.165, 1.54) is 14.2 Å². The number of ketones is 6. The topological polar surface area (TPSA) is 443 Å². The minimum atomic E-state index is -1.62. The maximum Gasteiger partial charge on any atom is 0.310 e. The zero-order valence-corrected chi connectivity index (χ0v) is 79.9. The zero-order chi connectivity index (χ0) is 97.8. The first-order chi connectivity index (χ1) is 65.9. The Hall–Kier alpha value is -9.44. The molecule has 22 rings (SSSR count). The molecule has 0 radical (unpaired) electrons. The number of hydrogen-bond acceptors (Lipinski definition) is 34. The fourth-order valence-electron chi connectivity index (χ4n) is 27.6. The Balaban J connectivity index is 0.000000121. The van der Waals surface area contributed by atoms with E-state index in [9.17, 15) is 69.0 Å². The summed E-state index contributed by atoms with van der Waals surface area (Å²) < 4.78 is 117. The number of phenols is 1. The van der Waals surface area contributed by atoms with Crippen LogP contribution in [0.4, 0.5) is 0 Å². The third kappa shape index (κ3) is 15.8. The van der Waals surface area contributed by atoms with Crippen LogP contribution in [0.2, 0.25) is 0 Å². The molecule has 6 N–H and O–H groups in total. The Bertz CT molecular complexity index is 5640. The standard InChI is InChI=1S/C32H38O12.C29H32O12.C22H28O5.C21H26O5/c1-14-7-16(8-22(34-3)26(14)35-4)24-17-9-20-21(41-13-40-20)10-18(17)27(19-11-39-31(33)25(19)24)44-32-30(37-6)29(36-5)28-23(43-32)12-38-15(2)42-28;1-11-4-13(5-19(34-3)23(11)30)21-14-6-17-18(38-10-37-17)7-15(14)26(16-8-36-28(33)22(16)21)41-29-25(32)24(31)27-20(40-29)9-35-12(2)39-27;1-20-8-6-14(23)10-13(20)4-5-15-16-7-9-22(26,18(25)12-27-3)21(16,2)11-17(24)19(15)20;1-19-7-5-13(23)9-12(19)3-4-14-15-6-8-21(26,17(25)11-22)20(15,2)10-16(24)18(14)19/h7-10,15,19,23-25,27-30,32H,11-13H2,1-6H3;4-7,12,16,20-22,24-27,29-32H,8-10H2,1-3H3;6,8,10,15-16,19,26H,4-5,7,9,11-12H2,1-3H3;5,7,9,14-15,18,22,26H,3-4,6,8,10-11H2,1-2H3/t15-,19+,23-,24-,25+,27-,28-,29+,30-,32+;12-,16+,20-,21-,22+,24-,25-,26-,27-,29+;15-,16-,19+,20-,21-,22-;14-,15-,18+,19-,20-,21-/m1100/s1. The number of cyclic esters (lactones) is 2. The number of carbonyl (C=O) groups excluding carboxylic acids is 8. The van der Waals surface area contributed by atoms with Crippen LogP contribution >= 0.6 is 0 Å². The molecule has 0 amide bonds. The van der Waals surface area contributed by atoms with Crippen LogP contribution in [0.3, 0.4) is 0 Å². The summed E-state index contributed by atoms with van der Waals surface area (Å²) in [6.07, 6.45) is 5.51. The Labute approximate surface area is 798 Å². The van der Waals surface area contributed by atoms with Crippen LogP contribution in [0.15, 0.2) is 96.1 Å². The van der Waals surface area contributed by atoms with Crippen molar-refractivity contribution in [1.29, 1.82) is 0 Å². The number of allylic oxidation sites excluding steroid dienone is 8. The summed E-state index contributed by atoms with van der Waals surface area (Å²) in [5.41, 5.74) is 2.83. The van der Waals surface area contributed by atoms with Gasteiger partial charge in [-0.15, -0.1) is 0 Å². The summed E-state index contributed by atoms with van der Waals surface area (Å²) in [5.74, 6) is -0.522. The molecule has 34 heteroatoms. The number of esters is 2. The molecule has 8 heterocycles. The van der Waals surface area contributed by atoms with E-state index in [2.05, 4.69) is 6.92 Å². The van der Waals surface area contributed by atoms with E-state index in [0.717, 1.165) is 76.6 Å². The predicted molar refractivity (Wildman–Crippen MR) is 480 cm³/mol. The van der Waals surface area contributed by atoms with Crippen molar-refractivity contribution in [2.24, 2.45) is 80.8 Å². The van der Waals surface area contributed by atoms with E-state index in [-0.39, 0.29) is 147 Å². The summed E-state index contributed by atoms with van der Waals surface area (Å²) in [7, 11) is 9.33. The summed E-state index contributed by atoms with van der Waals surface area (Å²) in [5, 5.41) is 64.2. The first-order valence-corrected chi connectivity index (χ1v) is 47.9. The fourth-order valence-corrected chi connectivity index (χ4v) is 27.6. The van der Waals surface area contributed by atoms with E-state index in [1.807, 2.05) is 89.2 Å². The van der Waals surface area contributed by atoms with Gasteiger partial charge in [0.15, 0.2) is 94.3 Å². The van der Waals surface area contributed by atoms with Crippen molar-refractivity contribution < 1.29 is 164 Å². The molecule has 138 heavy (non-hydrogen) atoms. The summed E-state index contributed by atoms with van der Waals surface area (Å²) in [6, 6.07) is 15.0. The lowest BCUT2D eigenvalue weighted by Gasteiger charge is -2.56. The second-order valence-corrected chi connectivity index (χ2v) is 41.1. The quantitative estimate of drug-likeness (QED) is 0.0569. The van der Waals surface area contributed by atoms with Gasteiger partial charge in [-0.3, -0.25) is 38.4 Å². The second-order valence-electron chi connectivity index (χ2n) is 41.1. The van der Waals surface area contributed by atoms with Crippen molar-refractivity contribution in [3.05, 3.63) is 141 Å². The van der Waals surface area contributed by atoms with Crippen LogP contribution in [0.5, 0.6) is 46.0 Å². The first-order valence-electron chi connectivity index (χ1n) is 47.9. The van der Waals surface area contributed by atoms with Crippen molar-refractivity contribution in [3.63, 3.8) is 0 Å². The molecule has 4 aromatic rings. The number of aryl methyl sites for hydroxylation is 2. The summed E-state index contributed by atoms with van der Waals surface area (Å²) in [4.78, 5) is 102. The van der Waals surface area contributed by atoms with E-state index in [4.69, 9.17) is 94.7 Å². The summed E-state index contributed by atoms with van der Waals surface area (Å²) in [6.45, 7) is 15.2. The van der Waals surface area contributed by atoms with Crippen LogP contribution < -0.4 is 33.2 Å². The molecule has 8 aliphatic heterocycles. The smallest absolute Gasteiger partial charge is 0.310 e. The highest BCUT2D eigenvalue weighted by Crippen LogP contribution is 2.69. The monoisotopic (exact) mass is 1920 g/mol. The number of benzene rings is 4. The Kier molecular flexibility index (Phi) is 26.2. The number of ether oxygens (including phenoxy) is 20. The third-order valence-electron chi connectivity index (χ3n) is 34.3. The van der Waals surface area contributed by atoms with E-state index in [1.54, 1.807) is 72.7 Å². The lowest BCUT2D eigenvalue weighted by atomic mass is 9.46. The van der Waals surface area contributed by atoms with Crippen LogP contribution in [0.25, 0.3) is 0 Å². The number of carbonyl (C=O) groups is 8. The molecule has 0 aromatic heterocycles. The molecule has 34 nitrogen and oxygen atoms in total. The van der Waals surface area contributed by atoms with Crippen LogP contribution in [-0.2, 0) is 99.9 Å². The minimum Gasteiger partial charge on any atom is -0.504 e. The lowest BCUT2D eigenvalue weighted by molar-refractivity contribution is -0.369. The van der Waals surface area contributed by atoms with Crippen LogP contribution in [0, 0.1) is 94.7 Å². The number of rotatable bonds is 16. The van der Waals surface area contributed by atoms with E-state index >= 15 is 0 Å². The maximum atomic E-state index is 13.6. The largest absolute Gasteiger partial charge is 0.504 e. The molecule has 744 valence electrons. The van der Waals surface area contributed by atoms with Gasteiger partial charge < -0.3 is 125 Å². The van der Waals surface area contributed by atoms with Gasteiger partial charge in [-0.25, -0.2) is 0 Å². The highest BCUT2D eigenvalue weighted by atomic mass is 16.8. The molecule has 18 aliphatic rings. The van der Waals surface area contributed by atoms with Gasteiger partial charge in [-0.05, 0) is 208 Å². The molecule has 32 atom stereocenters. The second kappa shape index (κ2) is 37.1. The van der Waals surface area contributed by atoms with Crippen molar-refractivity contribution in [1.82, 2.24) is 0 Å². The number of aromatic hydroxyl groups is 1. The van der Waals surface area contributed by atoms with Crippen molar-refractivity contribution in [2.75, 3.05) is 95.9 Å². The van der Waals surface area contributed by atoms with Crippen molar-refractivity contribution >= 4 is 46.6 Å². The molecule has 10 aliphatic carbocycles. The van der Waals surface area contributed by atoms with Gasteiger partial charge in [0.2, 0.25) is 13.6 Å².